The van der Waals surface area contributed by atoms with Crippen molar-refractivity contribution in [2.75, 3.05) is 6.61 Å². The number of carboxylic acid groups (broad SMARTS) is 1. The molecule has 0 saturated heterocycles. The highest BCUT2D eigenvalue weighted by molar-refractivity contribution is 5.82. The van der Waals surface area contributed by atoms with Crippen LogP contribution in [0.1, 0.15) is 24.5 Å². The van der Waals surface area contributed by atoms with Crippen LogP contribution in [0.3, 0.4) is 0 Å². The highest BCUT2D eigenvalue weighted by Crippen LogP contribution is 2.26. The number of amides is 1. The third-order valence-electron chi connectivity index (χ3n) is 3.16. The lowest BCUT2D eigenvalue weighted by atomic mass is 10.1. The number of rotatable bonds is 5. The van der Waals surface area contributed by atoms with E-state index < -0.39 is 12.0 Å². The van der Waals surface area contributed by atoms with Crippen molar-refractivity contribution in [3.8, 4) is 5.75 Å². The van der Waals surface area contributed by atoms with Crippen LogP contribution in [-0.4, -0.2) is 29.6 Å². The lowest BCUT2D eigenvalue weighted by molar-refractivity contribution is -0.142. The van der Waals surface area contributed by atoms with Gasteiger partial charge in [0.15, 0.2) is 6.04 Å². The van der Waals surface area contributed by atoms with Crippen LogP contribution in [0, 0.1) is 0 Å². The molecule has 0 bridgehead atoms. The molecule has 1 aliphatic rings. The van der Waals surface area contributed by atoms with Gasteiger partial charge in [-0.05, 0) is 42.5 Å². The second-order valence-electron chi connectivity index (χ2n) is 4.69. The van der Waals surface area contributed by atoms with E-state index in [4.69, 9.17) is 9.84 Å². The fraction of sp³-hybridized carbons (Fsp3) is 0.429. The van der Waals surface area contributed by atoms with Crippen LogP contribution in [0.4, 0.5) is 0 Å². The van der Waals surface area contributed by atoms with Gasteiger partial charge in [0.2, 0.25) is 5.91 Å². The van der Waals surface area contributed by atoms with Gasteiger partial charge in [-0.2, -0.15) is 0 Å². The molecule has 0 aromatic heterocycles. The van der Waals surface area contributed by atoms with Crippen LogP contribution in [0.25, 0.3) is 0 Å². The van der Waals surface area contributed by atoms with E-state index in [0.717, 1.165) is 19.3 Å². The summed E-state index contributed by atoms with van der Waals surface area (Å²) in [5.74, 6) is -0.835. The molecular weight excluding hydrogens is 246 g/mol. The molecule has 0 fully saturated rings. The number of carbonyl (C=O) groups is 2. The number of benzene rings is 1. The van der Waals surface area contributed by atoms with Crippen LogP contribution in [0.15, 0.2) is 18.2 Å². The lowest BCUT2D eigenvalue weighted by Gasteiger charge is -2.15. The predicted octanol–water partition coefficient (Wildman–Crippen LogP) is 1.14. The van der Waals surface area contributed by atoms with Crippen molar-refractivity contribution in [2.45, 2.75) is 32.2 Å². The number of fused-ring (bicyclic) bond motifs is 1. The normalized spacial score (nSPS) is 14.6. The van der Waals surface area contributed by atoms with Crippen LogP contribution in [-0.2, 0) is 22.4 Å². The molecule has 1 aromatic carbocycles. The molecule has 102 valence electrons. The number of ether oxygens (including phenoxy) is 1. The van der Waals surface area contributed by atoms with Crippen LogP contribution < -0.4 is 10.1 Å². The number of hydrogen-bond donors (Lipinski definition) is 2. The minimum atomic E-state index is -1.10. The molecule has 1 aliphatic carbocycles. The molecule has 5 heteroatoms. The molecule has 2 N–H and O–H groups in total. The first kappa shape index (κ1) is 13.4. The molecule has 0 saturated carbocycles. The smallest absolute Gasteiger partial charge is 0.329 e. The summed E-state index contributed by atoms with van der Waals surface area (Å²) in [7, 11) is 0. The summed E-state index contributed by atoms with van der Waals surface area (Å²) in [5, 5.41) is 11.3. The van der Waals surface area contributed by atoms with Crippen molar-refractivity contribution in [3.05, 3.63) is 29.3 Å². The maximum atomic E-state index is 10.9. The second-order valence-corrected chi connectivity index (χ2v) is 4.69. The first-order valence-electron chi connectivity index (χ1n) is 6.31. The summed E-state index contributed by atoms with van der Waals surface area (Å²) in [6, 6.07) is 4.79. The third kappa shape index (κ3) is 3.47. The van der Waals surface area contributed by atoms with Crippen molar-refractivity contribution < 1.29 is 19.4 Å². The molecule has 1 aromatic rings. The second kappa shape index (κ2) is 5.73. The fourth-order valence-corrected chi connectivity index (χ4v) is 2.24. The fourth-order valence-electron chi connectivity index (χ4n) is 2.24. The maximum absolute atomic E-state index is 10.9. The van der Waals surface area contributed by atoms with E-state index in [1.807, 2.05) is 18.2 Å². The van der Waals surface area contributed by atoms with E-state index in [2.05, 4.69) is 5.32 Å². The number of nitrogens with one attached hydrogen (secondary N) is 1. The number of carboxylic acids is 1. The van der Waals surface area contributed by atoms with E-state index in [0.29, 0.717) is 5.75 Å². The lowest BCUT2D eigenvalue weighted by Crippen LogP contribution is -2.43. The zero-order chi connectivity index (χ0) is 13.8. The molecular formula is C14H17NO4. The average molecular weight is 263 g/mol. The standard InChI is InChI=1S/C14H17NO4/c1-9(16)15-13(14(17)18)8-19-12-6-5-10-3-2-4-11(10)7-12/h5-7,13H,2-4,8H2,1H3,(H,15,16)(H,17,18). The molecule has 1 unspecified atom stereocenters. The zero-order valence-corrected chi connectivity index (χ0v) is 10.8. The minimum absolute atomic E-state index is 0.0757. The van der Waals surface area contributed by atoms with E-state index >= 15 is 0 Å². The number of aryl methyl sites for hydroxylation is 2. The summed E-state index contributed by atoms with van der Waals surface area (Å²) in [5.41, 5.74) is 2.60. The Hall–Kier alpha value is -2.04. The summed E-state index contributed by atoms with van der Waals surface area (Å²) in [6.45, 7) is 1.21. The molecule has 1 atom stereocenters. The Morgan fingerprint density at radius 3 is 2.79 bits per heavy atom. The number of hydrogen-bond acceptors (Lipinski definition) is 3. The highest BCUT2D eigenvalue weighted by Gasteiger charge is 2.19. The monoisotopic (exact) mass is 263 g/mol. The summed E-state index contributed by atoms with van der Waals surface area (Å²) < 4.78 is 5.46. The maximum Gasteiger partial charge on any atom is 0.329 e. The first-order valence-corrected chi connectivity index (χ1v) is 6.31. The van der Waals surface area contributed by atoms with E-state index in [1.54, 1.807) is 0 Å². The van der Waals surface area contributed by atoms with Crippen molar-refractivity contribution in [3.63, 3.8) is 0 Å². The quantitative estimate of drug-likeness (QED) is 0.835. The highest BCUT2D eigenvalue weighted by atomic mass is 16.5. The Labute approximate surface area is 111 Å². The van der Waals surface area contributed by atoms with Gasteiger partial charge in [-0.1, -0.05) is 6.07 Å². The molecule has 5 nitrogen and oxygen atoms in total. The van der Waals surface area contributed by atoms with E-state index in [-0.39, 0.29) is 12.5 Å². The van der Waals surface area contributed by atoms with Gasteiger partial charge in [0.05, 0.1) is 0 Å². The molecule has 1 amide bonds. The Morgan fingerprint density at radius 2 is 2.11 bits per heavy atom. The summed E-state index contributed by atoms with van der Waals surface area (Å²) >= 11 is 0. The average Bonchev–Trinajstić information content (AvgIpc) is 2.80. The molecule has 0 heterocycles. The summed E-state index contributed by atoms with van der Waals surface area (Å²) in [6.07, 6.45) is 3.29. The Bertz CT molecular complexity index is 498. The van der Waals surface area contributed by atoms with Crippen LogP contribution >= 0.6 is 0 Å². The van der Waals surface area contributed by atoms with E-state index in [1.165, 1.54) is 18.1 Å². The van der Waals surface area contributed by atoms with Gasteiger partial charge >= 0.3 is 5.97 Å². The van der Waals surface area contributed by atoms with Gasteiger partial charge in [-0.3, -0.25) is 4.79 Å². The van der Waals surface area contributed by atoms with Gasteiger partial charge in [0.25, 0.3) is 0 Å². The van der Waals surface area contributed by atoms with Gasteiger partial charge in [0, 0.05) is 6.92 Å². The van der Waals surface area contributed by atoms with Crippen LogP contribution in [0.5, 0.6) is 5.75 Å². The van der Waals surface area contributed by atoms with Gasteiger partial charge in [-0.15, -0.1) is 0 Å². The van der Waals surface area contributed by atoms with Crippen molar-refractivity contribution in [1.82, 2.24) is 5.32 Å². The minimum Gasteiger partial charge on any atom is -0.491 e. The van der Waals surface area contributed by atoms with Gasteiger partial charge < -0.3 is 15.2 Å². The zero-order valence-electron chi connectivity index (χ0n) is 10.8. The Balaban J connectivity index is 1.97. The first-order chi connectivity index (χ1) is 9.06. The summed E-state index contributed by atoms with van der Waals surface area (Å²) in [4.78, 5) is 21.8. The third-order valence-corrected chi connectivity index (χ3v) is 3.16. The van der Waals surface area contributed by atoms with Crippen LogP contribution in [0.2, 0.25) is 0 Å². The SMILES string of the molecule is CC(=O)NC(COc1ccc2c(c1)CCC2)C(=O)O. The predicted molar refractivity (Wildman–Crippen MR) is 69.2 cm³/mol. The number of aliphatic carboxylic acids is 1. The van der Waals surface area contributed by atoms with Crippen molar-refractivity contribution >= 4 is 11.9 Å². The topological polar surface area (TPSA) is 75.6 Å². The van der Waals surface area contributed by atoms with Gasteiger partial charge in [0.1, 0.15) is 12.4 Å². The molecule has 19 heavy (non-hydrogen) atoms. The molecule has 0 radical (unpaired) electrons. The van der Waals surface area contributed by atoms with E-state index in [9.17, 15) is 9.59 Å². The Kier molecular flexibility index (Phi) is 4.04. The van der Waals surface area contributed by atoms with Gasteiger partial charge in [-0.25, -0.2) is 4.79 Å². The molecule has 0 aliphatic heterocycles. The van der Waals surface area contributed by atoms with Crippen molar-refractivity contribution in [2.24, 2.45) is 0 Å². The number of carbonyl (C=O) groups excluding carboxylic acids is 1. The molecule has 0 spiro atoms. The molecule has 2 rings (SSSR count). The largest absolute Gasteiger partial charge is 0.491 e. The van der Waals surface area contributed by atoms with Crippen molar-refractivity contribution in [1.29, 1.82) is 0 Å². The Morgan fingerprint density at radius 1 is 1.37 bits per heavy atom.